The Morgan fingerprint density at radius 3 is 2.68 bits per heavy atom. The van der Waals surface area contributed by atoms with Crippen LogP contribution in [0.4, 0.5) is 0 Å². The maximum absolute atomic E-state index is 13.2. The van der Waals surface area contributed by atoms with Crippen LogP contribution in [0.2, 0.25) is 0 Å². The fourth-order valence-corrected chi connectivity index (χ4v) is 5.17. The van der Waals surface area contributed by atoms with Gasteiger partial charge in [-0.05, 0) is 32.4 Å². The summed E-state index contributed by atoms with van der Waals surface area (Å²) in [5.41, 5.74) is 1.75. The lowest BCUT2D eigenvalue weighted by Gasteiger charge is -2.35. The van der Waals surface area contributed by atoms with Gasteiger partial charge < -0.3 is 14.7 Å². The van der Waals surface area contributed by atoms with Gasteiger partial charge in [0.15, 0.2) is 0 Å². The predicted molar refractivity (Wildman–Crippen MR) is 126 cm³/mol. The molecule has 0 aliphatic carbocycles. The first-order valence-corrected chi connectivity index (χ1v) is 13.0. The van der Waals surface area contributed by atoms with E-state index in [9.17, 15) is 18.3 Å². The molecule has 0 bridgehead atoms. The normalized spacial score (nSPS) is 21.6. The molecule has 1 aromatic carbocycles. The smallest absolute Gasteiger partial charge is 0.242 e. The molecular formula is C23H35N5O5S. The number of hydrogen-bond acceptors (Lipinski definition) is 7. The summed E-state index contributed by atoms with van der Waals surface area (Å²) >= 11 is 0. The van der Waals surface area contributed by atoms with Gasteiger partial charge in [-0.25, -0.2) is 13.1 Å². The topological polar surface area (TPSA) is 118 Å². The predicted octanol–water partition coefficient (Wildman–Crippen LogP) is 1.43. The number of rotatable bonds is 6. The summed E-state index contributed by atoms with van der Waals surface area (Å²) in [5, 5.41) is 17.8. The van der Waals surface area contributed by atoms with Crippen LogP contribution in [0.5, 0.6) is 0 Å². The van der Waals surface area contributed by atoms with E-state index in [-0.39, 0.29) is 42.5 Å². The van der Waals surface area contributed by atoms with Crippen LogP contribution in [-0.2, 0) is 32.7 Å². The van der Waals surface area contributed by atoms with E-state index in [4.69, 9.17) is 4.74 Å². The number of likely N-dealkylation sites (N-methyl/N-ethyl adjacent to an activating group) is 1. The summed E-state index contributed by atoms with van der Waals surface area (Å²) < 4.78 is 35.6. The molecule has 10 nitrogen and oxygen atoms in total. The van der Waals surface area contributed by atoms with E-state index in [0.29, 0.717) is 25.9 Å². The minimum absolute atomic E-state index is 0.0602. The molecule has 0 saturated heterocycles. The van der Waals surface area contributed by atoms with Crippen molar-refractivity contribution >= 4 is 15.9 Å². The number of nitrogens with zero attached hydrogens (tertiary/aromatic N) is 5. The Balaban J connectivity index is 1.86. The highest BCUT2D eigenvalue weighted by atomic mass is 32.2. The van der Waals surface area contributed by atoms with E-state index in [1.165, 1.54) is 11.4 Å². The van der Waals surface area contributed by atoms with Crippen LogP contribution < -0.4 is 0 Å². The van der Waals surface area contributed by atoms with Gasteiger partial charge in [0.25, 0.3) is 0 Å². The van der Waals surface area contributed by atoms with E-state index in [1.54, 1.807) is 47.0 Å². The zero-order valence-electron chi connectivity index (χ0n) is 20.3. The highest BCUT2D eigenvalue weighted by molar-refractivity contribution is 7.89. The lowest BCUT2D eigenvalue weighted by atomic mass is 10.0. The summed E-state index contributed by atoms with van der Waals surface area (Å²) in [6.45, 7) is 6.69. The van der Waals surface area contributed by atoms with Gasteiger partial charge in [0.2, 0.25) is 15.9 Å². The van der Waals surface area contributed by atoms with Crippen molar-refractivity contribution in [3.8, 4) is 0 Å². The number of aliphatic hydroxyl groups is 1. The number of sulfonamides is 1. The standard InChI is InChI=1S/C23H35N5O5S/c1-17-7-9-21(10-8-17)34(31,32)26(4)14-22-18(2)13-27(19(3)15-29)23(30)6-5-11-28-20(16-33-22)12-24-25-28/h7-10,12,18-19,22,29H,5-6,11,13-16H2,1-4H3/t18-,19-,22-/m0/s1. The van der Waals surface area contributed by atoms with Crippen LogP contribution in [0.3, 0.4) is 0 Å². The average Bonchev–Trinajstić information content (AvgIpc) is 3.25. The van der Waals surface area contributed by atoms with Crippen LogP contribution in [0.1, 0.15) is 37.9 Å². The van der Waals surface area contributed by atoms with E-state index >= 15 is 0 Å². The zero-order chi connectivity index (χ0) is 24.9. The second-order valence-electron chi connectivity index (χ2n) is 9.06. The van der Waals surface area contributed by atoms with Gasteiger partial charge in [-0.2, -0.15) is 4.31 Å². The maximum atomic E-state index is 13.2. The lowest BCUT2D eigenvalue weighted by Crippen LogP contribution is -2.47. The number of ether oxygens (including phenoxy) is 1. The molecule has 1 aliphatic heterocycles. The van der Waals surface area contributed by atoms with Gasteiger partial charge in [-0.1, -0.05) is 29.8 Å². The Kier molecular flexibility index (Phi) is 8.80. The Labute approximate surface area is 201 Å². The third-order valence-corrected chi connectivity index (χ3v) is 8.14. The van der Waals surface area contributed by atoms with Gasteiger partial charge >= 0.3 is 0 Å². The monoisotopic (exact) mass is 493 g/mol. The summed E-state index contributed by atoms with van der Waals surface area (Å²) in [6, 6.07) is 6.38. The fourth-order valence-electron chi connectivity index (χ4n) is 3.99. The average molecular weight is 494 g/mol. The zero-order valence-corrected chi connectivity index (χ0v) is 21.1. The van der Waals surface area contributed by atoms with Gasteiger partial charge in [-0.3, -0.25) is 4.79 Å². The number of benzene rings is 1. The molecular weight excluding hydrogens is 458 g/mol. The Morgan fingerprint density at radius 2 is 2.00 bits per heavy atom. The molecule has 0 spiro atoms. The number of aliphatic hydroxyl groups excluding tert-OH is 1. The molecule has 0 radical (unpaired) electrons. The van der Waals surface area contributed by atoms with Crippen molar-refractivity contribution in [3.05, 3.63) is 41.7 Å². The first kappa shape index (κ1) is 26.3. The van der Waals surface area contributed by atoms with Crippen LogP contribution in [0.15, 0.2) is 35.4 Å². The Bertz CT molecular complexity index is 1060. The highest BCUT2D eigenvalue weighted by Gasteiger charge is 2.31. The van der Waals surface area contributed by atoms with Crippen LogP contribution in [0.25, 0.3) is 0 Å². The molecule has 188 valence electrons. The molecule has 3 rings (SSSR count). The van der Waals surface area contributed by atoms with Crippen LogP contribution in [0, 0.1) is 12.8 Å². The third kappa shape index (κ3) is 6.21. The van der Waals surface area contributed by atoms with Crippen LogP contribution in [-0.4, -0.2) is 82.5 Å². The fraction of sp³-hybridized carbons (Fsp3) is 0.609. The molecule has 1 amide bonds. The minimum atomic E-state index is -3.72. The van der Waals surface area contributed by atoms with Gasteiger partial charge in [0.1, 0.15) is 0 Å². The van der Waals surface area contributed by atoms with Crippen molar-refractivity contribution in [2.75, 3.05) is 26.7 Å². The molecule has 2 heterocycles. The molecule has 0 saturated carbocycles. The van der Waals surface area contributed by atoms with E-state index in [1.807, 2.05) is 13.8 Å². The molecule has 1 aromatic heterocycles. The Morgan fingerprint density at radius 1 is 1.29 bits per heavy atom. The lowest BCUT2D eigenvalue weighted by molar-refractivity contribution is -0.136. The number of aromatic nitrogens is 3. The van der Waals surface area contributed by atoms with Gasteiger partial charge in [0.05, 0.1) is 42.1 Å². The molecule has 2 aromatic rings. The molecule has 1 N–H and O–H groups in total. The molecule has 0 unspecified atom stereocenters. The van der Waals surface area contributed by atoms with Crippen molar-refractivity contribution in [1.82, 2.24) is 24.2 Å². The number of carbonyl (C=O) groups excluding carboxylic acids is 1. The number of amides is 1. The number of carbonyl (C=O) groups is 1. The molecule has 0 fully saturated rings. The highest BCUT2D eigenvalue weighted by Crippen LogP contribution is 2.21. The van der Waals surface area contributed by atoms with E-state index < -0.39 is 16.1 Å². The maximum Gasteiger partial charge on any atom is 0.242 e. The molecule has 11 heteroatoms. The summed E-state index contributed by atoms with van der Waals surface area (Å²) in [6.07, 6.45) is 2.04. The van der Waals surface area contributed by atoms with Crippen LogP contribution >= 0.6 is 0 Å². The first-order valence-electron chi connectivity index (χ1n) is 11.6. The third-order valence-electron chi connectivity index (χ3n) is 6.31. The van der Waals surface area contributed by atoms with Crippen molar-refractivity contribution in [2.45, 2.75) is 63.8 Å². The number of fused-ring (bicyclic) bond motifs is 1. The number of hydrogen-bond donors (Lipinski definition) is 1. The van der Waals surface area contributed by atoms with Gasteiger partial charge in [0, 0.05) is 39.0 Å². The molecule has 34 heavy (non-hydrogen) atoms. The second-order valence-corrected chi connectivity index (χ2v) is 11.1. The molecule has 1 aliphatic rings. The summed E-state index contributed by atoms with van der Waals surface area (Å²) in [7, 11) is -2.19. The quantitative estimate of drug-likeness (QED) is 0.647. The van der Waals surface area contributed by atoms with Crippen molar-refractivity contribution in [3.63, 3.8) is 0 Å². The number of aryl methyl sites for hydroxylation is 2. The minimum Gasteiger partial charge on any atom is -0.394 e. The van der Waals surface area contributed by atoms with Crippen molar-refractivity contribution in [1.29, 1.82) is 0 Å². The first-order chi connectivity index (χ1) is 16.1. The van der Waals surface area contributed by atoms with Crippen molar-refractivity contribution < 1.29 is 23.1 Å². The van der Waals surface area contributed by atoms with E-state index in [0.717, 1.165) is 11.3 Å². The summed E-state index contributed by atoms with van der Waals surface area (Å²) in [5.74, 6) is -0.257. The Hall–Kier alpha value is -2.34. The second kappa shape index (κ2) is 11.4. The van der Waals surface area contributed by atoms with E-state index in [2.05, 4.69) is 10.3 Å². The van der Waals surface area contributed by atoms with Crippen molar-refractivity contribution in [2.24, 2.45) is 5.92 Å². The molecule has 3 atom stereocenters. The van der Waals surface area contributed by atoms with Gasteiger partial charge in [-0.15, -0.1) is 5.10 Å². The SMILES string of the molecule is Cc1ccc(S(=O)(=O)N(C)C[C@@H]2OCc3cnnn3CCCC(=O)N([C@@H](C)CO)C[C@@H]2C)cc1. The summed E-state index contributed by atoms with van der Waals surface area (Å²) in [4.78, 5) is 14.8. The largest absolute Gasteiger partial charge is 0.394 e.